The van der Waals surface area contributed by atoms with E-state index >= 15 is 0 Å². The van der Waals surface area contributed by atoms with E-state index in [1.54, 1.807) is 66.9 Å². The van der Waals surface area contributed by atoms with Crippen molar-refractivity contribution in [1.29, 1.82) is 0 Å². The maximum atomic E-state index is 13.1. The quantitative estimate of drug-likeness (QED) is 0.317. The molecule has 1 unspecified atom stereocenters. The van der Waals surface area contributed by atoms with Crippen LogP contribution in [0, 0.1) is 0 Å². The fourth-order valence-corrected chi connectivity index (χ4v) is 4.54. The van der Waals surface area contributed by atoms with Gasteiger partial charge >= 0.3 is 0 Å². The van der Waals surface area contributed by atoms with Gasteiger partial charge in [0, 0.05) is 86.5 Å². The molecule has 0 bridgehead atoms. The average molecular weight is 551 g/mol. The summed E-state index contributed by atoms with van der Waals surface area (Å²) >= 11 is 5.94. The minimum Gasteiger partial charge on any atom is -0.348 e. The number of aromatic nitrogens is 1. The molecule has 39 heavy (non-hydrogen) atoms. The number of nitrogens with zero attached hydrogens (tertiary/aromatic N) is 3. The zero-order chi connectivity index (χ0) is 27.6. The Morgan fingerprint density at radius 2 is 1.67 bits per heavy atom. The van der Waals surface area contributed by atoms with Crippen LogP contribution in [0.25, 0.3) is 5.69 Å². The number of rotatable bonds is 11. The number of piperazine rings is 1. The van der Waals surface area contributed by atoms with E-state index in [4.69, 9.17) is 11.6 Å². The van der Waals surface area contributed by atoms with Crippen LogP contribution in [0.4, 0.5) is 5.69 Å². The van der Waals surface area contributed by atoms with Gasteiger partial charge in [-0.15, -0.1) is 0 Å². The molecule has 2 aromatic carbocycles. The fourth-order valence-electron chi connectivity index (χ4n) is 4.41. The number of anilines is 1. The summed E-state index contributed by atoms with van der Waals surface area (Å²) in [6.45, 7) is 6.30. The van der Waals surface area contributed by atoms with E-state index in [1.807, 2.05) is 0 Å². The van der Waals surface area contributed by atoms with Crippen molar-refractivity contribution in [3.05, 3.63) is 93.9 Å². The number of benzene rings is 2. The molecule has 0 spiro atoms. The number of amides is 2. The van der Waals surface area contributed by atoms with Gasteiger partial charge in [-0.1, -0.05) is 17.7 Å². The van der Waals surface area contributed by atoms with E-state index in [1.165, 1.54) is 10.6 Å². The Kier molecular flexibility index (Phi) is 10.3. The van der Waals surface area contributed by atoms with Gasteiger partial charge in [0.2, 0.25) is 5.91 Å². The number of halogens is 1. The third-order valence-electron chi connectivity index (χ3n) is 6.72. The van der Waals surface area contributed by atoms with E-state index in [0.29, 0.717) is 28.5 Å². The summed E-state index contributed by atoms with van der Waals surface area (Å²) in [5.41, 5.74) is 1.61. The first-order chi connectivity index (χ1) is 18.9. The first kappa shape index (κ1) is 28.5. The van der Waals surface area contributed by atoms with Gasteiger partial charge in [0.1, 0.15) is 0 Å². The molecule has 1 aliphatic heterocycles. The summed E-state index contributed by atoms with van der Waals surface area (Å²) in [5, 5.41) is 9.87. The topological polar surface area (TPSA) is 98.7 Å². The molecule has 1 aliphatic rings. The van der Waals surface area contributed by atoms with Crippen molar-refractivity contribution in [2.24, 2.45) is 0 Å². The van der Waals surface area contributed by atoms with Crippen LogP contribution < -0.4 is 21.5 Å². The maximum absolute atomic E-state index is 13.1. The average Bonchev–Trinajstić information content (AvgIpc) is 2.93. The van der Waals surface area contributed by atoms with E-state index in [0.717, 1.165) is 39.3 Å². The molecule has 0 saturated carbocycles. The normalized spacial score (nSPS) is 15.0. The highest BCUT2D eigenvalue weighted by atomic mass is 35.5. The van der Waals surface area contributed by atoms with E-state index in [2.05, 4.69) is 32.8 Å². The number of hydrogen-bond acceptors (Lipinski definition) is 6. The first-order valence-corrected chi connectivity index (χ1v) is 13.5. The molecule has 4 rings (SSSR count). The molecular formula is C29H35ClN6O3. The Balaban J connectivity index is 1.36. The minimum atomic E-state index is -0.422. The Labute approximate surface area is 233 Å². The van der Waals surface area contributed by atoms with E-state index in [-0.39, 0.29) is 23.8 Å². The number of pyridine rings is 1. The van der Waals surface area contributed by atoms with Crippen LogP contribution in [0.2, 0.25) is 5.02 Å². The van der Waals surface area contributed by atoms with Crippen molar-refractivity contribution in [3.8, 4) is 5.69 Å². The van der Waals surface area contributed by atoms with Crippen LogP contribution in [0.3, 0.4) is 0 Å². The van der Waals surface area contributed by atoms with Gasteiger partial charge < -0.3 is 20.9 Å². The molecule has 3 N–H and O–H groups in total. The summed E-state index contributed by atoms with van der Waals surface area (Å²) in [7, 11) is 2.13. The molecule has 9 nitrogen and oxygen atoms in total. The predicted octanol–water partition coefficient (Wildman–Crippen LogP) is 2.46. The highest BCUT2D eigenvalue weighted by Crippen LogP contribution is 2.14. The molecule has 1 fully saturated rings. The van der Waals surface area contributed by atoms with Crippen molar-refractivity contribution >= 4 is 29.1 Å². The van der Waals surface area contributed by atoms with Crippen LogP contribution in [0.5, 0.6) is 0 Å². The number of likely N-dealkylation sites (N-methyl/N-ethyl adjacent to an activating group) is 1. The second kappa shape index (κ2) is 14.0. The molecule has 10 heteroatoms. The van der Waals surface area contributed by atoms with Gasteiger partial charge in [-0.2, -0.15) is 0 Å². The Hall–Kier alpha value is -3.50. The molecule has 206 valence electrons. The minimum absolute atomic E-state index is 0.105. The van der Waals surface area contributed by atoms with Crippen molar-refractivity contribution in [1.82, 2.24) is 25.0 Å². The summed E-state index contributed by atoms with van der Waals surface area (Å²) < 4.78 is 1.51. The van der Waals surface area contributed by atoms with Gasteiger partial charge in [0.25, 0.3) is 11.5 Å². The summed E-state index contributed by atoms with van der Waals surface area (Å²) in [6.07, 6.45) is 1.79. The summed E-state index contributed by atoms with van der Waals surface area (Å²) in [6, 6.07) is 18.2. The van der Waals surface area contributed by atoms with Gasteiger partial charge in [-0.05, 0) is 61.6 Å². The summed E-state index contributed by atoms with van der Waals surface area (Å²) in [5.74, 6) is -0.491. The number of carbonyl (C=O) groups excluding carboxylic acids is 2. The lowest BCUT2D eigenvalue weighted by Crippen LogP contribution is -2.48. The SMILES string of the molecule is CN1CCN(CCNCC(CC(=O)Nc2ccc(Cl)cc2)NC(=O)c2ccc(-n3ccccc3=O)cc2)CC1. The molecule has 2 amide bonds. The largest absolute Gasteiger partial charge is 0.348 e. The molecule has 1 atom stereocenters. The van der Waals surface area contributed by atoms with Crippen molar-refractivity contribution in [2.45, 2.75) is 12.5 Å². The number of nitrogens with one attached hydrogen (secondary N) is 3. The van der Waals surface area contributed by atoms with E-state index < -0.39 is 6.04 Å². The fraction of sp³-hybridized carbons (Fsp3) is 0.345. The number of carbonyl (C=O) groups is 2. The molecular weight excluding hydrogens is 516 g/mol. The van der Waals surface area contributed by atoms with E-state index in [9.17, 15) is 14.4 Å². The molecule has 1 saturated heterocycles. The van der Waals surface area contributed by atoms with Crippen LogP contribution in [0.1, 0.15) is 16.8 Å². The lowest BCUT2D eigenvalue weighted by Gasteiger charge is -2.32. The van der Waals surface area contributed by atoms with Crippen molar-refractivity contribution in [2.75, 3.05) is 58.2 Å². The Morgan fingerprint density at radius 3 is 2.36 bits per heavy atom. The monoisotopic (exact) mass is 550 g/mol. The Morgan fingerprint density at radius 1 is 0.949 bits per heavy atom. The van der Waals surface area contributed by atoms with Crippen molar-refractivity contribution in [3.63, 3.8) is 0 Å². The lowest BCUT2D eigenvalue weighted by molar-refractivity contribution is -0.116. The molecule has 3 aromatic rings. The molecule has 1 aromatic heterocycles. The van der Waals surface area contributed by atoms with Crippen LogP contribution in [0.15, 0.2) is 77.7 Å². The van der Waals surface area contributed by atoms with Crippen LogP contribution in [-0.2, 0) is 4.79 Å². The molecule has 2 heterocycles. The number of hydrogen-bond donors (Lipinski definition) is 3. The molecule has 0 aliphatic carbocycles. The van der Waals surface area contributed by atoms with Gasteiger partial charge in [0.05, 0.1) is 6.04 Å². The summed E-state index contributed by atoms with van der Waals surface area (Å²) in [4.78, 5) is 42.7. The predicted molar refractivity (Wildman–Crippen MR) is 155 cm³/mol. The van der Waals surface area contributed by atoms with Gasteiger partial charge in [-0.3, -0.25) is 23.9 Å². The van der Waals surface area contributed by atoms with Crippen molar-refractivity contribution < 1.29 is 9.59 Å². The highest BCUT2D eigenvalue weighted by molar-refractivity contribution is 6.30. The molecule has 0 radical (unpaired) electrons. The first-order valence-electron chi connectivity index (χ1n) is 13.1. The second-order valence-electron chi connectivity index (χ2n) is 9.73. The Bertz CT molecular complexity index is 1290. The second-order valence-corrected chi connectivity index (χ2v) is 10.2. The lowest BCUT2D eigenvalue weighted by atomic mass is 10.1. The zero-order valence-corrected chi connectivity index (χ0v) is 22.9. The van der Waals surface area contributed by atoms with Crippen LogP contribution >= 0.6 is 11.6 Å². The standard InChI is InChI=1S/C29H35ClN6O3/c1-34-16-18-35(19-17-34)15-13-31-21-25(20-27(37)32-24-9-7-23(30)8-10-24)33-29(39)22-5-11-26(12-6-22)36-14-3-2-4-28(36)38/h2-12,14,25,31H,13,15-21H2,1H3,(H,32,37)(H,33,39). The van der Waals surface area contributed by atoms with Gasteiger partial charge in [0.15, 0.2) is 0 Å². The third-order valence-corrected chi connectivity index (χ3v) is 6.97. The smallest absolute Gasteiger partial charge is 0.255 e. The zero-order valence-electron chi connectivity index (χ0n) is 22.1. The maximum Gasteiger partial charge on any atom is 0.255 e. The highest BCUT2D eigenvalue weighted by Gasteiger charge is 2.19. The van der Waals surface area contributed by atoms with Gasteiger partial charge in [-0.25, -0.2) is 0 Å². The van der Waals surface area contributed by atoms with Crippen LogP contribution in [-0.4, -0.2) is 85.1 Å². The third kappa shape index (κ3) is 8.76.